The Balaban J connectivity index is 1.51. The van der Waals surface area contributed by atoms with Crippen LogP contribution >= 0.6 is 0 Å². The average molecular weight is 520 g/mol. The SMILES string of the molecule is CC(=O)N1CCN(C(=O)CN\C=C(N=C2CC=NC=C(C)N2)/C2=C/C=C(/N3CCCCC3)CC/C=C\2)CC1. The number of carbonyl (C=O) groups excluding carboxylic acids is 2. The number of aliphatic imine (C=N–C) groups is 2. The number of allylic oxidation sites excluding steroid dienone is 6. The summed E-state index contributed by atoms with van der Waals surface area (Å²) in [4.78, 5) is 39.8. The number of nitrogens with one attached hydrogen (secondary N) is 2. The van der Waals surface area contributed by atoms with Gasteiger partial charge in [-0.05, 0) is 45.1 Å². The Morgan fingerprint density at radius 2 is 1.84 bits per heavy atom. The fourth-order valence-electron chi connectivity index (χ4n) is 5.01. The van der Waals surface area contributed by atoms with Crippen LogP contribution in [0.15, 0.2) is 69.4 Å². The van der Waals surface area contributed by atoms with Gasteiger partial charge in [-0.15, -0.1) is 0 Å². The van der Waals surface area contributed by atoms with Crippen LogP contribution in [0.2, 0.25) is 0 Å². The van der Waals surface area contributed by atoms with E-state index in [4.69, 9.17) is 4.99 Å². The van der Waals surface area contributed by atoms with E-state index in [2.05, 4.69) is 44.8 Å². The zero-order valence-electron chi connectivity index (χ0n) is 22.8. The first kappa shape index (κ1) is 27.4. The van der Waals surface area contributed by atoms with Gasteiger partial charge in [-0.25, -0.2) is 4.99 Å². The maximum Gasteiger partial charge on any atom is 0.241 e. The van der Waals surface area contributed by atoms with Crippen molar-refractivity contribution in [1.82, 2.24) is 25.3 Å². The van der Waals surface area contributed by atoms with Crippen LogP contribution < -0.4 is 10.6 Å². The van der Waals surface area contributed by atoms with Gasteiger partial charge in [-0.3, -0.25) is 14.6 Å². The van der Waals surface area contributed by atoms with Crippen LogP contribution in [0.1, 0.15) is 52.4 Å². The summed E-state index contributed by atoms with van der Waals surface area (Å²) in [5.74, 6) is 0.878. The number of likely N-dealkylation sites (tertiary alicyclic amines) is 1. The maximum atomic E-state index is 12.8. The minimum Gasteiger partial charge on any atom is -0.380 e. The summed E-state index contributed by atoms with van der Waals surface area (Å²) in [5.41, 5.74) is 4.06. The molecule has 2 amide bonds. The largest absolute Gasteiger partial charge is 0.380 e. The number of amides is 2. The molecule has 9 heteroatoms. The summed E-state index contributed by atoms with van der Waals surface area (Å²) >= 11 is 0. The number of nitrogens with zero attached hydrogens (tertiary/aromatic N) is 5. The highest BCUT2D eigenvalue weighted by Gasteiger charge is 2.22. The first-order valence-electron chi connectivity index (χ1n) is 13.8. The van der Waals surface area contributed by atoms with E-state index in [0.29, 0.717) is 32.6 Å². The fraction of sp³-hybridized carbons (Fsp3) is 0.517. The summed E-state index contributed by atoms with van der Waals surface area (Å²) in [6, 6.07) is 0. The molecular weight excluding hydrogens is 478 g/mol. The summed E-state index contributed by atoms with van der Waals surface area (Å²) in [6.07, 6.45) is 20.6. The molecule has 1 aliphatic carbocycles. The molecule has 204 valence electrons. The van der Waals surface area contributed by atoms with Gasteiger partial charge in [-0.2, -0.15) is 0 Å². The lowest BCUT2D eigenvalue weighted by molar-refractivity contribution is -0.137. The molecule has 0 radical (unpaired) electrons. The monoisotopic (exact) mass is 519 g/mol. The van der Waals surface area contributed by atoms with Gasteiger partial charge in [0.1, 0.15) is 5.84 Å². The molecule has 0 atom stereocenters. The molecule has 38 heavy (non-hydrogen) atoms. The first-order chi connectivity index (χ1) is 18.5. The van der Waals surface area contributed by atoms with Crippen LogP contribution in [0.25, 0.3) is 0 Å². The third-order valence-electron chi connectivity index (χ3n) is 7.20. The number of carbonyl (C=O) groups is 2. The first-order valence-corrected chi connectivity index (χ1v) is 13.8. The molecule has 4 aliphatic rings. The lowest BCUT2D eigenvalue weighted by Crippen LogP contribution is -2.51. The minimum atomic E-state index is 0.0180. The lowest BCUT2D eigenvalue weighted by atomic mass is 10.0. The second-order valence-corrected chi connectivity index (χ2v) is 10.1. The highest BCUT2D eigenvalue weighted by atomic mass is 16.2. The van der Waals surface area contributed by atoms with E-state index in [0.717, 1.165) is 48.7 Å². The Kier molecular flexibility index (Phi) is 9.95. The average Bonchev–Trinajstić information content (AvgIpc) is 3.12. The summed E-state index contributed by atoms with van der Waals surface area (Å²) < 4.78 is 0. The minimum absolute atomic E-state index is 0.0180. The fourth-order valence-corrected chi connectivity index (χ4v) is 5.01. The van der Waals surface area contributed by atoms with E-state index in [9.17, 15) is 9.59 Å². The third kappa shape index (κ3) is 7.94. The third-order valence-corrected chi connectivity index (χ3v) is 7.20. The molecule has 3 heterocycles. The Morgan fingerprint density at radius 3 is 2.61 bits per heavy atom. The standard InChI is InChI=1S/C29H41N7O2/c1-23-20-30-13-12-28(32-23)33-27(21-31-22-29(38)36-18-16-34(17-19-36)24(2)37)25-8-4-5-9-26(11-10-25)35-14-6-3-7-15-35/h4,8,10-11,13,20-21,31H,3,5-7,9,12,14-19,22H2,1-2H3,(H,32,33)/b8-4-,25-10+,26-11+,27-21+. The van der Waals surface area contributed by atoms with Gasteiger partial charge in [0.25, 0.3) is 0 Å². The lowest BCUT2D eigenvalue weighted by Gasteiger charge is -2.34. The van der Waals surface area contributed by atoms with Gasteiger partial charge in [-0.1, -0.05) is 18.2 Å². The number of hydrogen-bond acceptors (Lipinski definition) is 6. The zero-order valence-corrected chi connectivity index (χ0v) is 22.8. The molecule has 0 saturated carbocycles. The number of piperidine rings is 1. The highest BCUT2D eigenvalue weighted by Crippen LogP contribution is 2.23. The molecule has 0 unspecified atom stereocenters. The van der Waals surface area contributed by atoms with Crippen molar-refractivity contribution in [3.63, 3.8) is 0 Å². The Morgan fingerprint density at radius 1 is 1.08 bits per heavy atom. The molecule has 0 aromatic carbocycles. The second-order valence-electron chi connectivity index (χ2n) is 10.1. The predicted molar refractivity (Wildman–Crippen MR) is 152 cm³/mol. The number of hydrogen-bond donors (Lipinski definition) is 2. The molecule has 4 rings (SSSR count). The summed E-state index contributed by atoms with van der Waals surface area (Å²) in [5, 5.41) is 6.55. The van der Waals surface area contributed by atoms with Gasteiger partial charge >= 0.3 is 0 Å². The number of piperazine rings is 1. The van der Waals surface area contributed by atoms with Crippen LogP contribution in [-0.4, -0.2) is 84.4 Å². The van der Waals surface area contributed by atoms with Gasteiger partial charge in [0.2, 0.25) is 11.8 Å². The smallest absolute Gasteiger partial charge is 0.241 e. The van der Waals surface area contributed by atoms with E-state index in [1.54, 1.807) is 18.0 Å². The summed E-state index contributed by atoms with van der Waals surface area (Å²) in [6.45, 7) is 8.26. The molecule has 0 spiro atoms. The number of amidine groups is 1. The summed E-state index contributed by atoms with van der Waals surface area (Å²) in [7, 11) is 0. The van der Waals surface area contributed by atoms with Crippen molar-refractivity contribution < 1.29 is 9.59 Å². The molecule has 3 aliphatic heterocycles. The van der Waals surface area contributed by atoms with Crippen molar-refractivity contribution in [1.29, 1.82) is 0 Å². The van der Waals surface area contributed by atoms with E-state index >= 15 is 0 Å². The van der Waals surface area contributed by atoms with Crippen LogP contribution in [0.5, 0.6) is 0 Å². The van der Waals surface area contributed by atoms with Crippen molar-refractivity contribution in [3.05, 3.63) is 59.4 Å². The molecule has 2 saturated heterocycles. The normalized spacial score (nSPS) is 25.6. The van der Waals surface area contributed by atoms with Gasteiger partial charge in [0, 0.05) is 88.2 Å². The van der Waals surface area contributed by atoms with Crippen molar-refractivity contribution >= 4 is 23.9 Å². The van der Waals surface area contributed by atoms with E-state index < -0.39 is 0 Å². The van der Waals surface area contributed by atoms with Gasteiger partial charge < -0.3 is 25.3 Å². The quantitative estimate of drug-likeness (QED) is 0.563. The molecular formula is C29H41N7O2. The van der Waals surface area contributed by atoms with Crippen molar-refractivity contribution in [2.75, 3.05) is 45.8 Å². The molecule has 9 nitrogen and oxygen atoms in total. The van der Waals surface area contributed by atoms with E-state index in [1.807, 2.05) is 24.2 Å². The molecule has 0 aromatic heterocycles. The highest BCUT2D eigenvalue weighted by molar-refractivity contribution is 5.96. The van der Waals surface area contributed by atoms with Crippen LogP contribution in [0, 0.1) is 0 Å². The van der Waals surface area contributed by atoms with Crippen molar-refractivity contribution in [2.45, 2.75) is 52.4 Å². The molecule has 0 bridgehead atoms. The maximum absolute atomic E-state index is 12.8. The van der Waals surface area contributed by atoms with Crippen molar-refractivity contribution in [3.8, 4) is 0 Å². The van der Waals surface area contributed by atoms with Crippen molar-refractivity contribution in [2.24, 2.45) is 9.98 Å². The Bertz CT molecular complexity index is 1080. The van der Waals surface area contributed by atoms with E-state index in [1.165, 1.54) is 25.0 Å². The van der Waals surface area contributed by atoms with Crippen LogP contribution in [0.3, 0.4) is 0 Å². The van der Waals surface area contributed by atoms with Crippen LogP contribution in [0.4, 0.5) is 0 Å². The number of rotatable bonds is 6. The molecule has 2 fully saturated rings. The molecule has 2 N–H and O–H groups in total. The topological polar surface area (TPSA) is 92.6 Å². The van der Waals surface area contributed by atoms with Crippen LogP contribution in [-0.2, 0) is 9.59 Å². The molecule has 0 aromatic rings. The van der Waals surface area contributed by atoms with E-state index in [-0.39, 0.29) is 18.4 Å². The van der Waals surface area contributed by atoms with Gasteiger partial charge in [0.15, 0.2) is 0 Å². The second kappa shape index (κ2) is 13.8. The Hall–Kier alpha value is -3.62. The zero-order chi connectivity index (χ0) is 26.7. The Labute approximate surface area is 226 Å². The van der Waals surface area contributed by atoms with Gasteiger partial charge in [0.05, 0.1) is 12.2 Å². The predicted octanol–water partition coefficient (Wildman–Crippen LogP) is 3.08.